The number of ether oxygens (including phenoxy) is 1. The van der Waals surface area contributed by atoms with Gasteiger partial charge in [0.25, 0.3) is 0 Å². The highest BCUT2D eigenvalue weighted by molar-refractivity contribution is 9.10. The van der Waals surface area contributed by atoms with Gasteiger partial charge in [0.05, 0.1) is 19.8 Å². The molecule has 0 amide bonds. The number of aliphatic hydroxyl groups excluding tert-OH is 2. The van der Waals surface area contributed by atoms with Crippen molar-refractivity contribution in [3.63, 3.8) is 0 Å². The second-order valence-electron chi connectivity index (χ2n) is 3.47. The highest BCUT2D eigenvalue weighted by Gasteiger charge is 2.21. The molecule has 1 aromatic carbocycles. The molecule has 0 aliphatic rings. The molecule has 0 aliphatic carbocycles. The van der Waals surface area contributed by atoms with Gasteiger partial charge in [-0.2, -0.15) is 0 Å². The largest absolute Gasteiger partial charge is 0.504 e. The van der Waals surface area contributed by atoms with Crippen LogP contribution < -0.4 is 4.74 Å². The smallest absolute Gasteiger partial charge is 0.161 e. The molecule has 0 saturated carbocycles. The van der Waals surface area contributed by atoms with E-state index in [0.717, 1.165) is 0 Å². The van der Waals surface area contributed by atoms with Crippen LogP contribution in [0.25, 0.3) is 10.4 Å². The molecular formula is C10H12BrN3O4. The van der Waals surface area contributed by atoms with Crippen molar-refractivity contribution >= 4 is 15.9 Å². The molecule has 1 rings (SSSR count). The van der Waals surface area contributed by atoms with Gasteiger partial charge in [0.15, 0.2) is 11.5 Å². The van der Waals surface area contributed by atoms with Gasteiger partial charge in [-0.1, -0.05) is 21.0 Å². The maximum atomic E-state index is 9.87. The number of hydrogen-bond acceptors (Lipinski definition) is 5. The lowest BCUT2D eigenvalue weighted by Crippen LogP contribution is -2.21. The van der Waals surface area contributed by atoms with Crippen LogP contribution in [-0.2, 0) is 0 Å². The highest BCUT2D eigenvalue weighted by Crippen LogP contribution is 2.36. The molecule has 18 heavy (non-hydrogen) atoms. The van der Waals surface area contributed by atoms with Crippen LogP contribution in [0.5, 0.6) is 11.5 Å². The third-order valence-electron chi connectivity index (χ3n) is 2.31. The van der Waals surface area contributed by atoms with Crippen molar-refractivity contribution in [2.45, 2.75) is 12.2 Å². The van der Waals surface area contributed by atoms with Crippen LogP contribution in [0.3, 0.4) is 0 Å². The minimum absolute atomic E-state index is 0.161. The Hall–Kier alpha value is -1.47. The number of rotatable bonds is 5. The van der Waals surface area contributed by atoms with Crippen molar-refractivity contribution in [3.05, 3.63) is 32.6 Å². The van der Waals surface area contributed by atoms with E-state index in [1.54, 1.807) is 0 Å². The van der Waals surface area contributed by atoms with E-state index in [0.29, 0.717) is 4.47 Å². The average molecular weight is 318 g/mol. The second-order valence-corrected chi connectivity index (χ2v) is 4.33. The number of hydrogen-bond donors (Lipinski definition) is 3. The lowest BCUT2D eigenvalue weighted by atomic mass is 10.0. The number of halogens is 1. The van der Waals surface area contributed by atoms with E-state index >= 15 is 0 Å². The second kappa shape index (κ2) is 6.46. The van der Waals surface area contributed by atoms with E-state index in [4.69, 9.17) is 10.3 Å². The van der Waals surface area contributed by atoms with Crippen molar-refractivity contribution in [3.8, 4) is 11.5 Å². The van der Waals surface area contributed by atoms with Crippen LogP contribution >= 0.6 is 15.9 Å². The number of phenolic OH excluding ortho intramolecular Hbond substituents is 1. The van der Waals surface area contributed by atoms with Gasteiger partial charge in [0.2, 0.25) is 0 Å². The molecule has 3 N–H and O–H groups in total. The molecule has 0 heterocycles. The number of nitrogens with zero attached hydrogens (tertiary/aromatic N) is 3. The van der Waals surface area contributed by atoms with Gasteiger partial charge in [0, 0.05) is 14.9 Å². The third kappa shape index (κ3) is 3.27. The van der Waals surface area contributed by atoms with Crippen LogP contribution in [0.2, 0.25) is 0 Å². The lowest BCUT2D eigenvalue weighted by Gasteiger charge is -2.18. The average Bonchev–Trinajstić information content (AvgIpc) is 2.37. The first-order valence-corrected chi connectivity index (χ1v) is 5.74. The summed E-state index contributed by atoms with van der Waals surface area (Å²) in [6.45, 7) is -0.267. The minimum Gasteiger partial charge on any atom is -0.504 e. The number of benzene rings is 1. The summed E-state index contributed by atoms with van der Waals surface area (Å²) in [5.74, 6) is 0.0769. The van der Waals surface area contributed by atoms with Gasteiger partial charge in [-0.25, -0.2) is 0 Å². The van der Waals surface area contributed by atoms with Gasteiger partial charge in [0.1, 0.15) is 6.10 Å². The van der Waals surface area contributed by atoms with Crippen molar-refractivity contribution in [2.75, 3.05) is 13.7 Å². The summed E-state index contributed by atoms with van der Waals surface area (Å²) in [5, 5.41) is 32.2. The predicted molar refractivity (Wildman–Crippen MR) is 67.3 cm³/mol. The van der Waals surface area contributed by atoms with Crippen LogP contribution in [0.4, 0.5) is 0 Å². The van der Waals surface area contributed by atoms with E-state index in [1.165, 1.54) is 19.2 Å². The fourth-order valence-corrected chi connectivity index (χ4v) is 1.93. The Labute approximate surface area is 111 Å². The summed E-state index contributed by atoms with van der Waals surface area (Å²) >= 11 is 3.19. The van der Waals surface area contributed by atoms with E-state index in [1.807, 2.05) is 0 Å². The topological polar surface area (TPSA) is 119 Å². The number of azide groups is 1. The summed E-state index contributed by atoms with van der Waals surface area (Å²) in [5.41, 5.74) is 8.41. The SMILES string of the molecule is COc1cc(Br)c(C(O)C(O)CN=[N+]=[N-])cc1O. The van der Waals surface area contributed by atoms with E-state index < -0.39 is 12.2 Å². The van der Waals surface area contributed by atoms with Gasteiger partial charge >= 0.3 is 0 Å². The van der Waals surface area contributed by atoms with Crippen molar-refractivity contribution in [1.82, 2.24) is 0 Å². The fraction of sp³-hybridized carbons (Fsp3) is 0.400. The van der Waals surface area contributed by atoms with Crippen LogP contribution in [0.15, 0.2) is 21.7 Å². The Balaban J connectivity index is 3.02. The van der Waals surface area contributed by atoms with Crippen molar-refractivity contribution < 1.29 is 20.1 Å². The molecule has 8 heteroatoms. The summed E-state index contributed by atoms with van der Waals surface area (Å²) in [7, 11) is 1.40. The van der Waals surface area contributed by atoms with Crippen molar-refractivity contribution in [1.29, 1.82) is 0 Å². The van der Waals surface area contributed by atoms with E-state index in [2.05, 4.69) is 26.0 Å². The quantitative estimate of drug-likeness (QED) is 0.436. The normalized spacial score (nSPS) is 13.6. The zero-order valence-corrected chi connectivity index (χ0v) is 11.1. The molecule has 7 nitrogen and oxygen atoms in total. The van der Waals surface area contributed by atoms with Crippen LogP contribution in [-0.4, -0.2) is 35.1 Å². The predicted octanol–water partition coefficient (Wildman–Crippen LogP) is 1.87. The Morgan fingerprint density at radius 2 is 2.17 bits per heavy atom. The molecule has 0 radical (unpaired) electrons. The maximum Gasteiger partial charge on any atom is 0.161 e. The Bertz CT molecular complexity index is 476. The Morgan fingerprint density at radius 3 is 2.72 bits per heavy atom. The molecule has 0 saturated heterocycles. The Kier molecular flexibility index (Phi) is 5.24. The maximum absolute atomic E-state index is 9.87. The highest BCUT2D eigenvalue weighted by atomic mass is 79.9. The molecule has 2 unspecified atom stereocenters. The number of aromatic hydroxyl groups is 1. The lowest BCUT2D eigenvalue weighted by molar-refractivity contribution is 0.0238. The third-order valence-corrected chi connectivity index (χ3v) is 3.00. The van der Waals surface area contributed by atoms with E-state index in [9.17, 15) is 15.3 Å². The van der Waals surface area contributed by atoms with E-state index in [-0.39, 0.29) is 23.6 Å². The standard InChI is InChI=1S/C10H12BrN3O4/c1-18-9-3-6(11)5(2-7(9)15)10(17)8(16)4-13-14-12/h2-3,8,10,15-17H,4H2,1H3. The van der Waals surface area contributed by atoms with Gasteiger partial charge in [-0.05, 0) is 17.7 Å². The first-order valence-electron chi connectivity index (χ1n) is 4.94. The first-order chi connectivity index (χ1) is 8.51. The van der Waals surface area contributed by atoms with Gasteiger partial charge in [-0.3, -0.25) is 0 Å². The van der Waals surface area contributed by atoms with Crippen LogP contribution in [0, 0.1) is 0 Å². The Morgan fingerprint density at radius 1 is 1.50 bits per heavy atom. The number of aliphatic hydroxyl groups is 2. The molecule has 0 spiro atoms. The zero-order chi connectivity index (χ0) is 13.7. The molecule has 98 valence electrons. The molecule has 0 aromatic heterocycles. The molecule has 0 bridgehead atoms. The first kappa shape index (κ1) is 14.6. The monoisotopic (exact) mass is 317 g/mol. The summed E-state index contributed by atoms with van der Waals surface area (Å²) in [6, 6.07) is 2.74. The molecule has 0 aliphatic heterocycles. The zero-order valence-electron chi connectivity index (χ0n) is 9.49. The minimum atomic E-state index is -1.29. The summed E-state index contributed by atoms with van der Waals surface area (Å²) < 4.78 is 5.36. The van der Waals surface area contributed by atoms with Crippen molar-refractivity contribution in [2.24, 2.45) is 5.11 Å². The van der Waals surface area contributed by atoms with Gasteiger partial charge in [-0.15, -0.1) is 0 Å². The fourth-order valence-electron chi connectivity index (χ4n) is 1.38. The number of methoxy groups -OCH3 is 1. The van der Waals surface area contributed by atoms with Crippen LogP contribution in [0.1, 0.15) is 11.7 Å². The molecule has 0 fully saturated rings. The summed E-state index contributed by atoms with van der Waals surface area (Å²) in [6.07, 6.45) is -2.55. The molecule has 1 aromatic rings. The molecule has 2 atom stereocenters. The molecular weight excluding hydrogens is 306 g/mol. The van der Waals surface area contributed by atoms with Gasteiger partial charge < -0.3 is 20.1 Å². The number of phenols is 1. The summed E-state index contributed by atoms with van der Waals surface area (Å²) in [4.78, 5) is 2.49.